The quantitative estimate of drug-likeness (QED) is 0.882. The summed E-state index contributed by atoms with van der Waals surface area (Å²) in [4.78, 5) is 0. The Kier molecular flexibility index (Phi) is 5.14. The molecule has 1 heterocycles. The second-order valence-electron chi connectivity index (χ2n) is 5.99. The first-order chi connectivity index (χ1) is 11.6. The molecule has 1 saturated heterocycles. The van der Waals surface area contributed by atoms with Crippen molar-refractivity contribution in [1.29, 1.82) is 0 Å². The van der Waals surface area contributed by atoms with Gasteiger partial charge in [0.05, 0.1) is 13.7 Å². The fraction of sp³-hybridized carbons (Fsp3) is 0.368. The van der Waals surface area contributed by atoms with E-state index in [1.807, 2.05) is 30.3 Å². The Balaban J connectivity index is 2.00. The van der Waals surface area contributed by atoms with Crippen LogP contribution in [0.4, 0.5) is 4.39 Å². The first-order valence-electron chi connectivity index (χ1n) is 8.06. The zero-order valence-electron chi connectivity index (χ0n) is 13.7. The van der Waals surface area contributed by atoms with Gasteiger partial charge < -0.3 is 19.9 Å². The van der Waals surface area contributed by atoms with Crippen LogP contribution < -0.4 is 10.1 Å². The highest BCUT2D eigenvalue weighted by Gasteiger charge is 2.41. The standard InChI is InChI=1S/C19H22FNO3/c1-23-17-8-7-16(20)11-14(17)12-19(22,15-5-3-2-4-6-15)18-13-21-9-10-24-18/h2-8,11,18,21-22H,9-10,12-13H2,1H3/t18-,19-/m0/s1. The molecule has 128 valence electrons. The van der Waals surface area contributed by atoms with Gasteiger partial charge >= 0.3 is 0 Å². The van der Waals surface area contributed by atoms with Crippen LogP contribution in [0, 0.1) is 5.82 Å². The molecular formula is C19H22FNO3. The average molecular weight is 331 g/mol. The Morgan fingerprint density at radius 1 is 1.29 bits per heavy atom. The van der Waals surface area contributed by atoms with E-state index in [0.717, 1.165) is 12.1 Å². The fourth-order valence-electron chi connectivity index (χ4n) is 3.18. The Morgan fingerprint density at radius 3 is 2.75 bits per heavy atom. The summed E-state index contributed by atoms with van der Waals surface area (Å²) in [7, 11) is 1.54. The average Bonchev–Trinajstić information content (AvgIpc) is 2.63. The second kappa shape index (κ2) is 7.30. The second-order valence-corrected chi connectivity index (χ2v) is 5.99. The highest BCUT2D eigenvalue weighted by Crippen LogP contribution is 2.35. The zero-order chi connectivity index (χ0) is 17.0. The van der Waals surface area contributed by atoms with Crippen LogP contribution in [0.3, 0.4) is 0 Å². The molecule has 0 radical (unpaired) electrons. The number of hydrogen-bond donors (Lipinski definition) is 2. The molecule has 2 aromatic rings. The van der Waals surface area contributed by atoms with Crippen LogP contribution in [0.25, 0.3) is 0 Å². The van der Waals surface area contributed by atoms with Crippen molar-refractivity contribution in [2.24, 2.45) is 0 Å². The topological polar surface area (TPSA) is 50.7 Å². The van der Waals surface area contributed by atoms with E-state index in [1.165, 1.54) is 19.2 Å². The molecule has 2 N–H and O–H groups in total. The summed E-state index contributed by atoms with van der Waals surface area (Å²) in [5, 5.41) is 14.8. The summed E-state index contributed by atoms with van der Waals surface area (Å²) >= 11 is 0. The molecule has 0 unspecified atom stereocenters. The molecule has 3 rings (SSSR count). The van der Waals surface area contributed by atoms with Gasteiger partial charge in [-0.25, -0.2) is 4.39 Å². The minimum absolute atomic E-state index is 0.199. The van der Waals surface area contributed by atoms with Gasteiger partial charge in [0.25, 0.3) is 0 Å². The van der Waals surface area contributed by atoms with Gasteiger partial charge in [0.15, 0.2) is 0 Å². The smallest absolute Gasteiger partial charge is 0.123 e. The van der Waals surface area contributed by atoms with Crippen LogP contribution in [-0.2, 0) is 16.8 Å². The van der Waals surface area contributed by atoms with Gasteiger partial charge in [0.2, 0.25) is 0 Å². The van der Waals surface area contributed by atoms with Gasteiger partial charge in [0, 0.05) is 25.1 Å². The molecule has 0 aliphatic carbocycles. The zero-order valence-corrected chi connectivity index (χ0v) is 13.7. The van der Waals surface area contributed by atoms with E-state index in [2.05, 4.69) is 5.32 Å². The number of nitrogens with one attached hydrogen (secondary N) is 1. The monoisotopic (exact) mass is 331 g/mol. The number of benzene rings is 2. The number of morpholine rings is 1. The summed E-state index contributed by atoms with van der Waals surface area (Å²) in [5.74, 6) is 0.193. The van der Waals surface area contributed by atoms with Crippen LogP contribution in [0.15, 0.2) is 48.5 Å². The lowest BCUT2D eigenvalue weighted by molar-refractivity contribution is -0.124. The van der Waals surface area contributed by atoms with Gasteiger partial charge in [0.1, 0.15) is 23.3 Å². The number of halogens is 1. The van der Waals surface area contributed by atoms with Crippen molar-refractivity contribution in [2.75, 3.05) is 26.8 Å². The van der Waals surface area contributed by atoms with E-state index >= 15 is 0 Å². The van der Waals surface area contributed by atoms with Crippen LogP contribution in [0.1, 0.15) is 11.1 Å². The fourth-order valence-corrected chi connectivity index (χ4v) is 3.18. The van der Waals surface area contributed by atoms with Crippen molar-refractivity contribution in [1.82, 2.24) is 5.32 Å². The molecule has 2 aromatic carbocycles. The number of hydrogen-bond acceptors (Lipinski definition) is 4. The molecule has 1 aliphatic rings. The lowest BCUT2D eigenvalue weighted by Gasteiger charge is -2.39. The molecule has 1 aliphatic heterocycles. The van der Waals surface area contributed by atoms with Crippen LogP contribution in [0.2, 0.25) is 0 Å². The number of methoxy groups -OCH3 is 1. The van der Waals surface area contributed by atoms with E-state index < -0.39 is 11.7 Å². The summed E-state index contributed by atoms with van der Waals surface area (Å²) in [6, 6.07) is 13.7. The van der Waals surface area contributed by atoms with E-state index in [1.54, 1.807) is 6.07 Å². The SMILES string of the molecule is COc1ccc(F)cc1C[C@](O)(c1ccccc1)[C@@H]1CNCCO1. The molecule has 1 fully saturated rings. The number of rotatable bonds is 5. The summed E-state index contributed by atoms with van der Waals surface area (Å²) in [6.45, 7) is 1.81. The maximum absolute atomic E-state index is 13.7. The van der Waals surface area contributed by atoms with Gasteiger partial charge in [-0.1, -0.05) is 30.3 Å². The molecular weight excluding hydrogens is 309 g/mol. The molecule has 4 nitrogen and oxygen atoms in total. The van der Waals surface area contributed by atoms with E-state index in [0.29, 0.717) is 24.5 Å². The molecule has 0 spiro atoms. The number of ether oxygens (including phenoxy) is 2. The highest BCUT2D eigenvalue weighted by molar-refractivity contribution is 5.37. The Morgan fingerprint density at radius 2 is 2.08 bits per heavy atom. The van der Waals surface area contributed by atoms with Crippen molar-refractivity contribution < 1.29 is 19.0 Å². The van der Waals surface area contributed by atoms with Crippen LogP contribution in [0.5, 0.6) is 5.75 Å². The first-order valence-corrected chi connectivity index (χ1v) is 8.06. The molecule has 0 saturated carbocycles. The molecule has 0 aromatic heterocycles. The lowest BCUT2D eigenvalue weighted by atomic mass is 9.81. The Labute approximate surface area is 141 Å². The molecule has 5 heteroatoms. The third-order valence-electron chi connectivity index (χ3n) is 4.44. The summed E-state index contributed by atoms with van der Waals surface area (Å²) in [6.07, 6.45) is -0.230. The lowest BCUT2D eigenvalue weighted by Crippen LogP contribution is -2.52. The minimum atomic E-state index is -1.28. The Bertz CT molecular complexity index is 674. The van der Waals surface area contributed by atoms with Crippen molar-refractivity contribution in [3.05, 3.63) is 65.5 Å². The summed E-state index contributed by atoms with van der Waals surface area (Å²) in [5.41, 5.74) is 0.0680. The van der Waals surface area contributed by atoms with Crippen molar-refractivity contribution in [3.8, 4) is 5.75 Å². The van der Waals surface area contributed by atoms with Crippen molar-refractivity contribution in [2.45, 2.75) is 18.1 Å². The molecule has 2 atom stereocenters. The predicted octanol–water partition coefficient (Wildman–Crippen LogP) is 2.25. The third-order valence-corrected chi connectivity index (χ3v) is 4.44. The molecule has 0 bridgehead atoms. The van der Waals surface area contributed by atoms with Crippen molar-refractivity contribution in [3.63, 3.8) is 0 Å². The normalized spacial score (nSPS) is 20.4. The maximum atomic E-state index is 13.7. The van der Waals surface area contributed by atoms with E-state index in [4.69, 9.17) is 9.47 Å². The van der Waals surface area contributed by atoms with Crippen LogP contribution >= 0.6 is 0 Å². The molecule has 0 amide bonds. The highest BCUT2D eigenvalue weighted by atomic mass is 19.1. The van der Waals surface area contributed by atoms with E-state index in [-0.39, 0.29) is 12.2 Å². The summed E-state index contributed by atoms with van der Waals surface area (Å²) < 4.78 is 24.9. The Hall–Kier alpha value is -1.95. The maximum Gasteiger partial charge on any atom is 0.123 e. The largest absolute Gasteiger partial charge is 0.496 e. The third kappa shape index (κ3) is 3.43. The number of aliphatic hydroxyl groups is 1. The van der Waals surface area contributed by atoms with Gasteiger partial charge in [-0.3, -0.25) is 0 Å². The van der Waals surface area contributed by atoms with Crippen LogP contribution in [-0.4, -0.2) is 38.0 Å². The molecule has 24 heavy (non-hydrogen) atoms. The minimum Gasteiger partial charge on any atom is -0.496 e. The van der Waals surface area contributed by atoms with Gasteiger partial charge in [-0.2, -0.15) is 0 Å². The van der Waals surface area contributed by atoms with Gasteiger partial charge in [-0.05, 0) is 23.8 Å². The van der Waals surface area contributed by atoms with Crippen molar-refractivity contribution >= 4 is 0 Å². The van der Waals surface area contributed by atoms with E-state index in [9.17, 15) is 9.50 Å². The predicted molar refractivity (Wildman–Crippen MR) is 89.6 cm³/mol. The first kappa shape index (κ1) is 16.9. The van der Waals surface area contributed by atoms with Gasteiger partial charge in [-0.15, -0.1) is 0 Å².